The number of nitrogens with zero attached hydrogens (tertiary/aromatic N) is 2. The Balaban J connectivity index is 2.32. The molecule has 1 amide bonds. The molecule has 2 unspecified atom stereocenters. The summed E-state index contributed by atoms with van der Waals surface area (Å²) in [6.45, 7) is 12.6. The number of hydrogen-bond acceptors (Lipinski definition) is 16. The fraction of sp³-hybridized carbons (Fsp3) is 0.610. The van der Waals surface area contributed by atoms with Crippen molar-refractivity contribution in [1.82, 2.24) is 15.1 Å². The van der Waals surface area contributed by atoms with Crippen molar-refractivity contribution in [3.05, 3.63) is 58.7 Å². The third-order valence-electron chi connectivity index (χ3n) is 9.61. The largest absolute Gasteiger partial charge is 0.508 e. The lowest BCUT2D eigenvalue weighted by Crippen LogP contribution is -2.40. The molecule has 0 spiro atoms. The standard InChI is InChI=1S/C41H67N3O18P4/c1-9-59-63(8,51)39(66(58,60-10-2)61-11-3)24-34(46)16-12-30-13-17-35(47)32(22-30)26-43(25-29(4)45)20-21-44(28-38(50)62-41(5,6)7)27-33-23-31(14-18-36(33)48)15-19-37(49)42-40(64(52,53)54)65(55,56)57/h13-14,17-18,22-23,39-40,47-48H,9-12,15-16,19-21,24-28H2,1-8H3,(H,42,49)(H2,52,53,54)(H2,55,56,57). The maximum Gasteiger partial charge on any atom is 0.360 e. The molecule has 0 aliphatic heterocycles. The van der Waals surface area contributed by atoms with Gasteiger partial charge in [-0.2, -0.15) is 0 Å². The van der Waals surface area contributed by atoms with Crippen LogP contribution in [0.15, 0.2) is 36.4 Å². The minimum Gasteiger partial charge on any atom is -0.508 e. The second-order valence-corrected chi connectivity index (χ2v) is 25.8. The molecule has 0 radical (unpaired) electrons. The van der Waals surface area contributed by atoms with E-state index in [-0.39, 0.29) is 108 Å². The number of benzene rings is 2. The molecule has 21 nitrogen and oxygen atoms in total. The summed E-state index contributed by atoms with van der Waals surface area (Å²) in [5, 5.41) is 22.2. The number of ketones is 2. The zero-order valence-corrected chi connectivity index (χ0v) is 42.4. The zero-order valence-electron chi connectivity index (χ0n) is 38.8. The fourth-order valence-corrected chi connectivity index (χ4v) is 14.4. The number of hydrogen-bond donors (Lipinski definition) is 7. The summed E-state index contributed by atoms with van der Waals surface area (Å²) in [7, 11) is -18.5. The number of aryl methyl sites for hydroxylation is 2. The normalized spacial score (nSPS) is 14.0. The average Bonchev–Trinajstić information content (AvgIpc) is 3.16. The summed E-state index contributed by atoms with van der Waals surface area (Å²) in [5.41, 5.74) is -1.71. The Morgan fingerprint density at radius 2 is 1.17 bits per heavy atom. The van der Waals surface area contributed by atoms with Crippen molar-refractivity contribution in [2.45, 2.75) is 110 Å². The van der Waals surface area contributed by atoms with Gasteiger partial charge in [0, 0.05) is 63.2 Å². The summed E-state index contributed by atoms with van der Waals surface area (Å²) in [6, 6.07) is 9.13. The molecule has 0 aliphatic carbocycles. The summed E-state index contributed by atoms with van der Waals surface area (Å²) in [4.78, 5) is 92.3. The number of esters is 1. The van der Waals surface area contributed by atoms with E-state index in [9.17, 15) is 67.2 Å². The Labute approximate surface area is 386 Å². The van der Waals surface area contributed by atoms with Crippen LogP contribution in [0.1, 0.15) is 90.0 Å². The van der Waals surface area contributed by atoms with Crippen LogP contribution in [0, 0.1) is 0 Å². The van der Waals surface area contributed by atoms with E-state index in [1.165, 1.54) is 37.9 Å². The average molecular weight is 1010 g/mol. The third-order valence-corrected chi connectivity index (χ3v) is 19.2. The molecule has 2 aromatic carbocycles. The lowest BCUT2D eigenvalue weighted by atomic mass is 10.0. The molecule has 66 heavy (non-hydrogen) atoms. The van der Waals surface area contributed by atoms with Crippen LogP contribution in [-0.4, -0.2) is 132 Å². The van der Waals surface area contributed by atoms with Gasteiger partial charge in [-0.25, -0.2) is 0 Å². The first-order valence-corrected chi connectivity index (χ1v) is 28.3. The predicted molar refractivity (Wildman–Crippen MR) is 245 cm³/mol. The third kappa shape index (κ3) is 20.6. The molecular weight excluding hydrogens is 946 g/mol. The van der Waals surface area contributed by atoms with Gasteiger partial charge in [0.25, 0.3) is 0 Å². The zero-order chi connectivity index (χ0) is 50.3. The van der Waals surface area contributed by atoms with E-state index in [1.807, 2.05) is 0 Å². The Morgan fingerprint density at radius 1 is 0.712 bits per heavy atom. The molecule has 374 valence electrons. The van der Waals surface area contributed by atoms with Crippen LogP contribution in [0.2, 0.25) is 0 Å². The molecule has 0 saturated carbocycles. The highest BCUT2D eigenvalue weighted by atomic mass is 31.2. The first-order chi connectivity index (χ1) is 30.4. The minimum absolute atomic E-state index is 0.00317. The molecule has 2 atom stereocenters. The van der Waals surface area contributed by atoms with E-state index in [0.29, 0.717) is 22.3 Å². The summed E-state index contributed by atoms with van der Waals surface area (Å²) in [6.07, 6.45) is -0.736. The van der Waals surface area contributed by atoms with Gasteiger partial charge in [0.15, 0.2) is 0 Å². The van der Waals surface area contributed by atoms with Gasteiger partial charge in [-0.3, -0.25) is 47.2 Å². The van der Waals surface area contributed by atoms with Gasteiger partial charge in [0.2, 0.25) is 18.8 Å². The highest BCUT2D eigenvalue weighted by molar-refractivity contribution is 7.74. The van der Waals surface area contributed by atoms with E-state index < -0.39 is 65.0 Å². The van der Waals surface area contributed by atoms with E-state index in [4.69, 9.17) is 18.3 Å². The number of aromatic hydroxyl groups is 2. The Morgan fingerprint density at radius 3 is 1.59 bits per heavy atom. The Kier molecular flexibility index (Phi) is 23.3. The van der Waals surface area contributed by atoms with Crippen LogP contribution in [-0.2, 0) is 81.7 Å². The molecule has 7 N–H and O–H groups in total. The quantitative estimate of drug-likeness (QED) is 0.0378. The van der Waals surface area contributed by atoms with Crippen molar-refractivity contribution in [3.8, 4) is 11.5 Å². The maximum atomic E-state index is 13.8. The fourth-order valence-electron chi connectivity index (χ4n) is 6.78. The topological polar surface area (TPSA) is 313 Å². The molecule has 2 aromatic rings. The second-order valence-electron chi connectivity index (χ2n) is 16.7. The number of phenols is 2. The number of amides is 1. The van der Waals surface area contributed by atoms with Gasteiger partial charge in [-0.15, -0.1) is 0 Å². The highest BCUT2D eigenvalue weighted by Crippen LogP contribution is 2.69. The van der Waals surface area contributed by atoms with E-state index in [2.05, 4.69) is 0 Å². The molecule has 0 saturated heterocycles. The minimum atomic E-state index is -5.42. The van der Waals surface area contributed by atoms with Gasteiger partial charge in [0.05, 0.1) is 32.9 Å². The first-order valence-electron chi connectivity index (χ1n) is 21.2. The van der Waals surface area contributed by atoms with E-state index >= 15 is 0 Å². The molecular formula is C41H67N3O18P4. The van der Waals surface area contributed by atoms with Crippen molar-refractivity contribution in [2.75, 3.05) is 52.7 Å². The number of rotatable bonds is 30. The number of nitrogens with one attached hydrogen (secondary N) is 1. The second kappa shape index (κ2) is 26.0. The van der Waals surface area contributed by atoms with E-state index in [0.717, 1.165) is 0 Å². The van der Waals surface area contributed by atoms with Gasteiger partial charge < -0.3 is 53.4 Å². The van der Waals surface area contributed by atoms with Crippen LogP contribution in [0.25, 0.3) is 0 Å². The Bertz CT molecular complexity index is 2140. The van der Waals surface area contributed by atoms with Gasteiger partial charge in [0.1, 0.15) is 34.1 Å². The lowest BCUT2D eigenvalue weighted by molar-refractivity contribution is -0.156. The number of ether oxygens (including phenoxy) is 1. The predicted octanol–water partition coefficient (Wildman–Crippen LogP) is 5.45. The van der Waals surface area contributed by atoms with Crippen LogP contribution in [0.3, 0.4) is 0 Å². The van der Waals surface area contributed by atoms with Crippen molar-refractivity contribution >= 4 is 53.6 Å². The molecule has 2 rings (SSSR count). The summed E-state index contributed by atoms with van der Waals surface area (Å²) >= 11 is 0. The monoisotopic (exact) mass is 1010 g/mol. The van der Waals surface area contributed by atoms with Crippen molar-refractivity contribution in [2.24, 2.45) is 0 Å². The number of carbonyl (C=O) groups excluding carboxylic acids is 4. The number of phenolic OH excluding ortho intramolecular Hbond substituents is 2. The van der Waals surface area contributed by atoms with Gasteiger partial charge in [-0.1, -0.05) is 24.3 Å². The van der Waals surface area contributed by atoms with Crippen molar-refractivity contribution < 1.29 is 85.5 Å². The van der Waals surface area contributed by atoms with Crippen LogP contribution >= 0.6 is 30.2 Å². The van der Waals surface area contributed by atoms with Crippen LogP contribution < -0.4 is 5.32 Å². The summed E-state index contributed by atoms with van der Waals surface area (Å²) in [5.74, 6) is -2.47. The van der Waals surface area contributed by atoms with Crippen LogP contribution in [0.5, 0.6) is 11.5 Å². The lowest BCUT2D eigenvalue weighted by Gasteiger charge is -2.30. The maximum absolute atomic E-state index is 13.8. The molecule has 0 bridgehead atoms. The summed E-state index contributed by atoms with van der Waals surface area (Å²) < 4.78 is 72.5. The molecule has 0 heterocycles. The van der Waals surface area contributed by atoms with Crippen LogP contribution in [0.4, 0.5) is 0 Å². The number of Topliss-reactive ketones (excluding diaryl/α,β-unsaturated/α-hetero) is 2. The molecule has 0 aliphatic rings. The molecule has 25 heteroatoms. The first kappa shape index (κ1) is 59.0. The van der Waals surface area contributed by atoms with Gasteiger partial charge in [-0.05, 0) is 84.6 Å². The highest BCUT2D eigenvalue weighted by Gasteiger charge is 2.48. The van der Waals surface area contributed by atoms with Gasteiger partial charge >= 0.3 is 28.8 Å². The molecule has 0 aromatic heterocycles. The number of carbonyl (C=O) groups is 4. The van der Waals surface area contributed by atoms with Crippen molar-refractivity contribution in [3.63, 3.8) is 0 Å². The SMILES string of the molecule is CCOP(C)(=O)C(CC(=O)CCc1ccc(O)c(CN(CCN(CC(=O)OC(C)(C)C)Cc2cc(CCC(=O)NC(P(=O)(O)O)P(=O)(O)O)ccc2O)CC(C)=O)c1)P(=O)(OCC)OCC. The molecule has 0 fully saturated rings. The van der Waals surface area contributed by atoms with E-state index in [1.54, 1.807) is 68.8 Å². The smallest absolute Gasteiger partial charge is 0.360 e. The Hall–Kier alpha value is -3.12. The van der Waals surface area contributed by atoms with Crippen molar-refractivity contribution in [1.29, 1.82) is 0 Å².